The maximum absolute atomic E-state index is 13.4. The number of imide groups is 1. The van der Waals surface area contributed by atoms with Gasteiger partial charge in [0.25, 0.3) is 5.91 Å². The van der Waals surface area contributed by atoms with Crippen LogP contribution in [0.4, 0.5) is 5.69 Å². The minimum Gasteiger partial charge on any atom is -0.364 e. The molecule has 3 N–H and O–H groups in total. The van der Waals surface area contributed by atoms with Gasteiger partial charge in [0.15, 0.2) is 6.04 Å². The molecule has 0 saturated carbocycles. The van der Waals surface area contributed by atoms with Crippen molar-refractivity contribution in [2.24, 2.45) is 17.6 Å². The molecule has 1 unspecified atom stereocenters. The van der Waals surface area contributed by atoms with E-state index >= 15 is 0 Å². The fourth-order valence-corrected chi connectivity index (χ4v) is 5.17. The van der Waals surface area contributed by atoms with Crippen LogP contribution in [0.15, 0.2) is 54.7 Å². The molecule has 3 aliphatic rings. The Labute approximate surface area is 166 Å². The molecular weight excluding hydrogens is 378 g/mol. The second-order valence-corrected chi connectivity index (χ2v) is 7.74. The molecular formula is C21H17ClN3O3+. The number of primary amides is 1. The first-order valence-corrected chi connectivity index (χ1v) is 9.44. The number of carbonyl (C=O) groups is 3. The van der Waals surface area contributed by atoms with Gasteiger partial charge in [-0.2, -0.15) is 0 Å². The maximum Gasteiger partial charge on any atom is 0.277 e. The average Bonchev–Trinajstić information content (AvgIpc) is 3.16. The monoisotopic (exact) mass is 394 g/mol. The average molecular weight is 395 g/mol. The summed E-state index contributed by atoms with van der Waals surface area (Å²) in [5.74, 6) is -2.81. The Morgan fingerprint density at radius 2 is 1.68 bits per heavy atom. The number of nitrogens with two attached hydrogens (primary N) is 1. The van der Waals surface area contributed by atoms with Crippen LogP contribution in [-0.2, 0) is 14.4 Å². The third-order valence-electron chi connectivity index (χ3n) is 6.02. The van der Waals surface area contributed by atoms with E-state index in [-0.39, 0.29) is 11.9 Å². The van der Waals surface area contributed by atoms with Crippen LogP contribution >= 0.6 is 11.6 Å². The van der Waals surface area contributed by atoms with Crippen molar-refractivity contribution >= 4 is 41.1 Å². The van der Waals surface area contributed by atoms with E-state index in [2.05, 4.69) is 0 Å². The first-order chi connectivity index (χ1) is 13.5. The van der Waals surface area contributed by atoms with Crippen LogP contribution in [0.1, 0.15) is 17.2 Å². The van der Waals surface area contributed by atoms with Gasteiger partial charge in [0, 0.05) is 5.56 Å². The fourth-order valence-electron chi connectivity index (χ4n) is 4.95. The number of hydrogen-bond acceptors (Lipinski definition) is 3. The summed E-state index contributed by atoms with van der Waals surface area (Å²) in [6.45, 7) is 0. The van der Waals surface area contributed by atoms with E-state index in [0.717, 1.165) is 20.9 Å². The topological polar surface area (TPSA) is 84.9 Å². The van der Waals surface area contributed by atoms with Crippen LogP contribution in [0, 0.1) is 11.8 Å². The van der Waals surface area contributed by atoms with E-state index in [1.165, 1.54) is 0 Å². The van der Waals surface area contributed by atoms with Gasteiger partial charge in [0.1, 0.15) is 17.9 Å². The molecule has 5 atom stereocenters. The normalized spacial score (nSPS) is 30.2. The van der Waals surface area contributed by atoms with Gasteiger partial charge in [-0.3, -0.25) is 19.3 Å². The summed E-state index contributed by atoms with van der Waals surface area (Å²) in [5.41, 5.74) is 7.97. The number of para-hydroxylation sites is 1. The van der Waals surface area contributed by atoms with Gasteiger partial charge in [0.2, 0.25) is 11.8 Å². The molecule has 140 valence electrons. The van der Waals surface area contributed by atoms with Crippen LogP contribution < -0.4 is 15.5 Å². The number of fused-ring (bicyclic) bond motifs is 5. The van der Waals surface area contributed by atoms with E-state index in [9.17, 15) is 14.4 Å². The van der Waals surface area contributed by atoms with E-state index < -0.39 is 29.7 Å². The number of rotatable bonds is 2. The van der Waals surface area contributed by atoms with Crippen molar-refractivity contribution in [1.29, 1.82) is 0 Å². The van der Waals surface area contributed by atoms with Crippen molar-refractivity contribution < 1.29 is 19.3 Å². The van der Waals surface area contributed by atoms with E-state index in [1.54, 1.807) is 24.3 Å². The molecule has 6 nitrogen and oxygen atoms in total. The van der Waals surface area contributed by atoms with Crippen molar-refractivity contribution in [3.05, 3.63) is 70.9 Å². The van der Waals surface area contributed by atoms with Crippen molar-refractivity contribution in [2.45, 2.75) is 12.1 Å². The Kier molecular flexibility index (Phi) is 3.69. The lowest BCUT2D eigenvalue weighted by atomic mass is 9.84. The van der Waals surface area contributed by atoms with Gasteiger partial charge in [0.05, 0.1) is 16.9 Å². The second-order valence-electron chi connectivity index (χ2n) is 7.33. The zero-order chi connectivity index (χ0) is 19.6. The Hall–Kier alpha value is -2.96. The smallest absolute Gasteiger partial charge is 0.277 e. The van der Waals surface area contributed by atoms with E-state index in [1.807, 2.05) is 36.5 Å². The van der Waals surface area contributed by atoms with Gasteiger partial charge < -0.3 is 5.73 Å². The van der Waals surface area contributed by atoms with E-state index in [4.69, 9.17) is 17.3 Å². The standard InChI is InChI=1S/C21H16ClN3O3/c22-13-7-3-4-8-14(13)25-20(27)15-16(21(25)28)18(19(23)26)24-10-9-11-5-1-2-6-12(11)17(15)24/h1-10,15-18H,(H2,23,26)/p+1/t15-,16+,17-,18-/m0/s1. The Morgan fingerprint density at radius 1 is 1.00 bits per heavy atom. The van der Waals surface area contributed by atoms with E-state index in [0.29, 0.717) is 10.7 Å². The molecule has 3 heterocycles. The Bertz CT molecular complexity index is 1070. The highest BCUT2D eigenvalue weighted by molar-refractivity contribution is 6.36. The summed E-state index contributed by atoms with van der Waals surface area (Å²) in [4.78, 5) is 41.0. The van der Waals surface area contributed by atoms with Crippen LogP contribution in [0.2, 0.25) is 5.02 Å². The minimum atomic E-state index is -0.808. The Morgan fingerprint density at radius 3 is 2.43 bits per heavy atom. The summed E-state index contributed by atoms with van der Waals surface area (Å²) in [6.07, 6.45) is 3.76. The minimum absolute atomic E-state index is 0.313. The lowest BCUT2D eigenvalue weighted by Gasteiger charge is -2.30. The van der Waals surface area contributed by atoms with Crippen molar-refractivity contribution in [3.8, 4) is 0 Å². The highest BCUT2D eigenvalue weighted by Gasteiger charge is 2.68. The van der Waals surface area contributed by atoms with Gasteiger partial charge in [-0.15, -0.1) is 0 Å². The quantitative estimate of drug-likeness (QED) is 0.743. The van der Waals surface area contributed by atoms with Crippen LogP contribution in [0.25, 0.3) is 6.08 Å². The highest BCUT2D eigenvalue weighted by atomic mass is 35.5. The third kappa shape index (κ3) is 2.16. The van der Waals surface area contributed by atoms with Crippen molar-refractivity contribution in [3.63, 3.8) is 0 Å². The van der Waals surface area contributed by atoms with Gasteiger partial charge in [-0.05, 0) is 23.8 Å². The predicted molar refractivity (Wildman–Crippen MR) is 103 cm³/mol. The molecule has 3 aliphatic heterocycles. The summed E-state index contributed by atoms with van der Waals surface area (Å²) in [5, 5.41) is 0.313. The number of nitrogens with one attached hydrogen (secondary N) is 1. The molecule has 28 heavy (non-hydrogen) atoms. The van der Waals surface area contributed by atoms with Gasteiger partial charge in [-0.1, -0.05) is 48.0 Å². The summed E-state index contributed by atoms with van der Waals surface area (Å²) in [6, 6.07) is 13.3. The summed E-state index contributed by atoms with van der Waals surface area (Å²) >= 11 is 6.25. The maximum atomic E-state index is 13.4. The summed E-state index contributed by atoms with van der Waals surface area (Å²) in [7, 11) is 0. The molecule has 0 aromatic heterocycles. The van der Waals surface area contributed by atoms with Gasteiger partial charge in [-0.25, -0.2) is 4.90 Å². The highest BCUT2D eigenvalue weighted by Crippen LogP contribution is 2.45. The van der Waals surface area contributed by atoms with Crippen molar-refractivity contribution in [1.82, 2.24) is 0 Å². The largest absolute Gasteiger partial charge is 0.364 e. The number of halogens is 1. The number of hydrogen-bond donors (Lipinski definition) is 2. The molecule has 0 aliphatic carbocycles. The molecule has 0 spiro atoms. The van der Waals surface area contributed by atoms with Gasteiger partial charge >= 0.3 is 0 Å². The molecule has 2 aromatic carbocycles. The van der Waals surface area contributed by atoms with Crippen LogP contribution in [-0.4, -0.2) is 23.8 Å². The molecule has 2 saturated heterocycles. The number of benzene rings is 2. The SMILES string of the molecule is NC(=O)[C@@H]1[C@@H]2C(=O)N(c3ccccc3Cl)C(=O)[C@@H]2[C@@H]2c3ccccc3C=C[NH+]12. The van der Waals surface area contributed by atoms with Crippen molar-refractivity contribution in [2.75, 3.05) is 4.90 Å². The molecule has 2 fully saturated rings. The number of amides is 3. The first-order valence-electron chi connectivity index (χ1n) is 9.06. The zero-order valence-electron chi connectivity index (χ0n) is 14.7. The molecule has 0 radical (unpaired) electrons. The third-order valence-corrected chi connectivity index (χ3v) is 6.34. The molecule has 2 aromatic rings. The number of quaternary nitrogens is 1. The lowest BCUT2D eigenvalue weighted by molar-refractivity contribution is -0.884. The van der Waals surface area contributed by atoms with Crippen LogP contribution in [0.3, 0.4) is 0 Å². The molecule has 7 heteroatoms. The number of anilines is 1. The summed E-state index contributed by atoms with van der Waals surface area (Å²) < 4.78 is 0. The van der Waals surface area contributed by atoms with Crippen LogP contribution in [0.5, 0.6) is 0 Å². The molecule has 0 bridgehead atoms. The molecule has 5 rings (SSSR count). The predicted octanol–water partition coefficient (Wildman–Crippen LogP) is 0.924. The fraction of sp³-hybridized carbons (Fsp3) is 0.190. The molecule has 3 amide bonds. The second kappa shape index (κ2) is 6.02. The lowest BCUT2D eigenvalue weighted by Crippen LogP contribution is -3.12. The zero-order valence-corrected chi connectivity index (χ0v) is 15.5. The number of carbonyl (C=O) groups excluding carboxylic acids is 3. The Balaban J connectivity index is 1.67. The first kappa shape index (κ1) is 17.2. The number of nitrogens with zero attached hydrogens (tertiary/aromatic N) is 1.